The van der Waals surface area contributed by atoms with E-state index in [0.29, 0.717) is 12.2 Å². The van der Waals surface area contributed by atoms with Gasteiger partial charge in [-0.05, 0) is 62.1 Å². The highest BCUT2D eigenvalue weighted by Crippen LogP contribution is 2.24. The molecule has 0 radical (unpaired) electrons. The Morgan fingerprint density at radius 2 is 2.11 bits per heavy atom. The van der Waals surface area contributed by atoms with Crippen molar-refractivity contribution in [3.63, 3.8) is 0 Å². The van der Waals surface area contributed by atoms with E-state index in [1.165, 1.54) is 0 Å². The van der Waals surface area contributed by atoms with Gasteiger partial charge in [-0.25, -0.2) is 0 Å². The number of benzene rings is 1. The summed E-state index contributed by atoms with van der Waals surface area (Å²) in [7, 11) is 4.03. The summed E-state index contributed by atoms with van der Waals surface area (Å²) in [6.07, 6.45) is 0. The molecule has 6 heteroatoms. The molecule has 106 valence electrons. The van der Waals surface area contributed by atoms with E-state index in [1.807, 2.05) is 14.1 Å². The van der Waals surface area contributed by atoms with Gasteiger partial charge in [-0.15, -0.1) is 0 Å². The Hall–Kier alpha value is -1.27. The monoisotopic (exact) mass is 329 g/mol. The van der Waals surface area contributed by atoms with Crippen LogP contribution in [0.3, 0.4) is 0 Å². The van der Waals surface area contributed by atoms with Gasteiger partial charge < -0.3 is 20.6 Å². The van der Waals surface area contributed by atoms with Gasteiger partial charge in [0.05, 0.1) is 0 Å². The lowest BCUT2D eigenvalue weighted by Gasteiger charge is -2.32. The molecule has 0 spiro atoms. The molecule has 1 rings (SSSR count). The fraction of sp³-hybridized carbons (Fsp3) is 0.462. The zero-order chi connectivity index (χ0) is 14.6. The Morgan fingerprint density at radius 3 is 2.58 bits per heavy atom. The molecule has 0 atom stereocenters. The van der Waals surface area contributed by atoms with Crippen molar-refractivity contribution in [2.24, 2.45) is 10.9 Å². The molecule has 0 amide bonds. The zero-order valence-corrected chi connectivity index (χ0v) is 13.2. The summed E-state index contributed by atoms with van der Waals surface area (Å²) >= 11 is 3.38. The summed E-state index contributed by atoms with van der Waals surface area (Å²) in [6, 6.07) is 5.35. The SMILES string of the molecule is CN(C)C(C)(C)COc1ccc(/C(N)=N/O)c(Br)c1. The maximum Gasteiger partial charge on any atom is 0.171 e. The highest BCUT2D eigenvalue weighted by Gasteiger charge is 2.21. The zero-order valence-electron chi connectivity index (χ0n) is 11.6. The van der Waals surface area contributed by atoms with Crippen LogP contribution in [-0.4, -0.2) is 42.2 Å². The minimum Gasteiger partial charge on any atom is -0.492 e. The molecule has 1 aromatic rings. The lowest BCUT2D eigenvalue weighted by atomic mass is 10.1. The number of hydrogen-bond donors (Lipinski definition) is 2. The number of amidine groups is 1. The number of likely N-dealkylation sites (N-methyl/N-ethyl adjacent to an activating group) is 1. The van der Waals surface area contributed by atoms with Crippen molar-refractivity contribution in [2.75, 3.05) is 20.7 Å². The van der Waals surface area contributed by atoms with Crippen LogP contribution in [0.15, 0.2) is 27.8 Å². The number of ether oxygens (including phenoxy) is 1. The van der Waals surface area contributed by atoms with E-state index < -0.39 is 0 Å². The van der Waals surface area contributed by atoms with Crippen LogP contribution in [0.5, 0.6) is 5.75 Å². The summed E-state index contributed by atoms with van der Waals surface area (Å²) < 4.78 is 6.49. The van der Waals surface area contributed by atoms with Crippen LogP contribution in [-0.2, 0) is 0 Å². The van der Waals surface area contributed by atoms with E-state index in [-0.39, 0.29) is 11.4 Å². The lowest BCUT2D eigenvalue weighted by Crippen LogP contribution is -2.43. The van der Waals surface area contributed by atoms with E-state index in [2.05, 4.69) is 39.8 Å². The smallest absolute Gasteiger partial charge is 0.171 e. The van der Waals surface area contributed by atoms with E-state index >= 15 is 0 Å². The molecule has 19 heavy (non-hydrogen) atoms. The Labute approximate surface area is 122 Å². The topological polar surface area (TPSA) is 71.1 Å². The fourth-order valence-electron chi connectivity index (χ4n) is 1.24. The van der Waals surface area contributed by atoms with Crippen molar-refractivity contribution < 1.29 is 9.94 Å². The van der Waals surface area contributed by atoms with Crippen molar-refractivity contribution in [1.82, 2.24) is 4.90 Å². The number of rotatable bonds is 5. The second-order valence-corrected chi connectivity index (χ2v) is 5.98. The maximum atomic E-state index is 8.66. The third-order valence-corrected chi connectivity index (χ3v) is 3.78. The second-order valence-electron chi connectivity index (χ2n) is 5.12. The first-order valence-corrected chi connectivity index (χ1v) is 6.65. The normalized spacial score (nSPS) is 12.8. The average Bonchev–Trinajstić information content (AvgIpc) is 2.35. The Morgan fingerprint density at radius 1 is 1.47 bits per heavy atom. The first-order valence-electron chi connectivity index (χ1n) is 5.85. The first kappa shape index (κ1) is 15.8. The van der Waals surface area contributed by atoms with Crippen molar-refractivity contribution in [2.45, 2.75) is 19.4 Å². The lowest BCUT2D eigenvalue weighted by molar-refractivity contribution is 0.114. The van der Waals surface area contributed by atoms with Crippen LogP contribution in [0.25, 0.3) is 0 Å². The molecule has 5 nitrogen and oxygen atoms in total. The molecule has 0 heterocycles. The average molecular weight is 330 g/mol. The van der Waals surface area contributed by atoms with Crippen LogP contribution in [0.4, 0.5) is 0 Å². The molecule has 0 fully saturated rings. The third-order valence-electron chi connectivity index (χ3n) is 3.13. The summed E-state index contributed by atoms with van der Waals surface area (Å²) in [4.78, 5) is 2.10. The van der Waals surface area contributed by atoms with Crippen molar-refractivity contribution in [3.8, 4) is 5.75 Å². The molecule has 0 unspecified atom stereocenters. The van der Waals surface area contributed by atoms with Crippen LogP contribution in [0, 0.1) is 0 Å². The fourth-order valence-corrected chi connectivity index (χ4v) is 1.80. The van der Waals surface area contributed by atoms with Crippen LogP contribution < -0.4 is 10.5 Å². The van der Waals surface area contributed by atoms with Crippen molar-refractivity contribution in [1.29, 1.82) is 0 Å². The molecule has 3 N–H and O–H groups in total. The number of halogens is 1. The van der Waals surface area contributed by atoms with Gasteiger partial charge >= 0.3 is 0 Å². The van der Waals surface area contributed by atoms with Gasteiger partial charge in [0, 0.05) is 15.6 Å². The van der Waals surface area contributed by atoms with Gasteiger partial charge in [0.2, 0.25) is 0 Å². The Balaban J connectivity index is 2.80. The van der Waals surface area contributed by atoms with Crippen LogP contribution in [0.2, 0.25) is 0 Å². The van der Waals surface area contributed by atoms with Gasteiger partial charge in [-0.2, -0.15) is 0 Å². The van der Waals surface area contributed by atoms with E-state index in [4.69, 9.17) is 15.7 Å². The standard InChI is InChI=1S/C13H20BrN3O2/c1-13(2,17(3)4)8-19-9-5-6-10(11(14)7-9)12(15)16-18/h5-7,18H,8H2,1-4H3,(H2,15,16). The van der Waals surface area contributed by atoms with Crippen molar-refractivity contribution >= 4 is 21.8 Å². The van der Waals surface area contributed by atoms with Gasteiger partial charge in [-0.3, -0.25) is 0 Å². The second kappa shape index (κ2) is 6.25. The summed E-state index contributed by atoms with van der Waals surface area (Å²) in [5.74, 6) is 0.795. The third kappa shape index (κ3) is 4.11. The van der Waals surface area contributed by atoms with Gasteiger partial charge in [0.15, 0.2) is 5.84 Å². The molecule has 0 bridgehead atoms. The molecule has 0 saturated heterocycles. The number of oxime groups is 1. The largest absolute Gasteiger partial charge is 0.492 e. The van der Waals surface area contributed by atoms with E-state index in [1.54, 1.807) is 18.2 Å². The highest BCUT2D eigenvalue weighted by atomic mass is 79.9. The van der Waals surface area contributed by atoms with Crippen molar-refractivity contribution in [3.05, 3.63) is 28.2 Å². The highest BCUT2D eigenvalue weighted by molar-refractivity contribution is 9.10. The maximum absolute atomic E-state index is 8.66. The number of nitrogens with zero attached hydrogens (tertiary/aromatic N) is 2. The molecular formula is C13H20BrN3O2. The Kier molecular flexibility index (Phi) is 5.20. The van der Waals surface area contributed by atoms with Gasteiger partial charge in [0.1, 0.15) is 12.4 Å². The molecule has 0 aromatic heterocycles. The van der Waals surface area contributed by atoms with Gasteiger partial charge in [0.25, 0.3) is 0 Å². The van der Waals surface area contributed by atoms with Gasteiger partial charge in [-0.1, -0.05) is 5.16 Å². The molecule has 0 aliphatic heterocycles. The van der Waals surface area contributed by atoms with E-state index in [0.717, 1.165) is 10.2 Å². The molecular weight excluding hydrogens is 310 g/mol. The molecule has 0 saturated carbocycles. The van der Waals surface area contributed by atoms with Crippen LogP contribution in [0.1, 0.15) is 19.4 Å². The predicted molar refractivity (Wildman–Crippen MR) is 79.9 cm³/mol. The molecule has 1 aromatic carbocycles. The summed E-state index contributed by atoms with van der Waals surface area (Å²) in [5.41, 5.74) is 6.12. The Bertz CT molecular complexity index is 473. The predicted octanol–water partition coefficient (Wildman–Crippen LogP) is 2.26. The summed E-state index contributed by atoms with van der Waals surface area (Å²) in [6.45, 7) is 4.77. The number of nitrogens with two attached hydrogens (primary N) is 1. The quantitative estimate of drug-likeness (QED) is 0.376. The van der Waals surface area contributed by atoms with E-state index in [9.17, 15) is 0 Å². The molecule has 0 aliphatic carbocycles. The minimum absolute atomic E-state index is 0.0588. The molecule has 0 aliphatic rings. The number of hydrogen-bond acceptors (Lipinski definition) is 4. The van der Waals surface area contributed by atoms with Crippen LogP contribution >= 0.6 is 15.9 Å². The first-order chi connectivity index (χ1) is 8.77. The minimum atomic E-state index is -0.0588. The summed E-state index contributed by atoms with van der Waals surface area (Å²) in [5, 5.41) is 11.6.